The predicted molar refractivity (Wildman–Crippen MR) is 106 cm³/mol. The van der Waals surface area contributed by atoms with Crippen molar-refractivity contribution in [1.29, 1.82) is 0 Å². The van der Waals surface area contributed by atoms with Crippen molar-refractivity contribution < 1.29 is 4.79 Å². The molecule has 0 aliphatic heterocycles. The van der Waals surface area contributed by atoms with Gasteiger partial charge in [0.2, 0.25) is 11.1 Å². The largest absolute Gasteiger partial charge is 0.368 e. The predicted octanol–water partition coefficient (Wildman–Crippen LogP) is 1.75. The van der Waals surface area contributed by atoms with E-state index in [0.717, 1.165) is 5.69 Å². The summed E-state index contributed by atoms with van der Waals surface area (Å²) in [6.07, 6.45) is 1.63. The fourth-order valence-electron chi connectivity index (χ4n) is 2.79. The first kappa shape index (κ1) is 17.9. The number of carbonyl (C=O) groups is 1. The summed E-state index contributed by atoms with van der Waals surface area (Å²) in [5, 5.41) is 5.42. The summed E-state index contributed by atoms with van der Waals surface area (Å²) < 4.78 is 2.98. The molecule has 2 aromatic heterocycles. The second kappa shape index (κ2) is 7.65. The first-order valence-corrected chi connectivity index (χ1v) is 9.47. The maximum absolute atomic E-state index is 12.8. The Kier molecular flexibility index (Phi) is 4.90. The minimum absolute atomic E-state index is 0.224. The maximum atomic E-state index is 12.8. The number of nitrogens with two attached hydrogens (primary N) is 1. The van der Waals surface area contributed by atoms with Crippen LogP contribution in [0.3, 0.4) is 0 Å². The lowest BCUT2D eigenvalue weighted by Crippen LogP contribution is -2.31. The van der Waals surface area contributed by atoms with Crippen molar-refractivity contribution in [2.24, 2.45) is 5.73 Å². The zero-order chi connectivity index (χ0) is 19.5. The summed E-state index contributed by atoms with van der Waals surface area (Å²) in [5.74, 6) is 0.173. The van der Waals surface area contributed by atoms with E-state index in [9.17, 15) is 9.59 Å². The fraction of sp³-hybridized carbons (Fsp3) is 0.105. The molecule has 0 radical (unpaired) electrons. The van der Waals surface area contributed by atoms with E-state index in [4.69, 9.17) is 5.73 Å². The summed E-state index contributed by atoms with van der Waals surface area (Å²) in [7, 11) is 0. The van der Waals surface area contributed by atoms with E-state index < -0.39 is 5.91 Å². The average Bonchev–Trinajstić information content (AvgIpc) is 3.18. The van der Waals surface area contributed by atoms with Crippen molar-refractivity contribution in [3.63, 3.8) is 0 Å². The Bertz CT molecular complexity index is 1200. The standard InChI is InChI=1S/C19H16N6O2S/c20-16(26)10-24-17(22-15-9-5-4-8-14(15)18(24)27)11-28-19-21-12-25(23-19)13-6-2-1-3-7-13/h1-9,12H,10-11H2,(H2,20,26). The number of hydrogen-bond acceptors (Lipinski definition) is 6. The Morgan fingerprint density at radius 2 is 1.82 bits per heavy atom. The molecule has 0 aliphatic carbocycles. The van der Waals surface area contributed by atoms with Crippen LogP contribution in [0.5, 0.6) is 0 Å². The van der Waals surface area contributed by atoms with Gasteiger partial charge in [0.15, 0.2) is 0 Å². The van der Waals surface area contributed by atoms with Gasteiger partial charge in [-0.05, 0) is 24.3 Å². The van der Waals surface area contributed by atoms with Crippen molar-refractivity contribution >= 4 is 28.6 Å². The van der Waals surface area contributed by atoms with Crippen LogP contribution in [0.2, 0.25) is 0 Å². The van der Waals surface area contributed by atoms with E-state index in [2.05, 4.69) is 15.1 Å². The number of fused-ring (bicyclic) bond motifs is 1. The summed E-state index contributed by atoms with van der Waals surface area (Å²) in [6.45, 7) is -0.224. The van der Waals surface area contributed by atoms with Crippen LogP contribution < -0.4 is 11.3 Å². The first-order valence-electron chi connectivity index (χ1n) is 8.48. The number of aromatic nitrogens is 5. The molecule has 140 valence electrons. The number of carbonyl (C=O) groups excluding carboxylic acids is 1. The third kappa shape index (κ3) is 3.65. The molecule has 8 nitrogen and oxygen atoms in total. The molecule has 1 amide bonds. The van der Waals surface area contributed by atoms with E-state index in [1.165, 1.54) is 16.3 Å². The number of hydrogen-bond donors (Lipinski definition) is 1. The summed E-state index contributed by atoms with van der Waals surface area (Å²) in [5.41, 5.74) is 6.51. The Morgan fingerprint density at radius 1 is 1.07 bits per heavy atom. The highest BCUT2D eigenvalue weighted by molar-refractivity contribution is 7.98. The fourth-order valence-corrected chi connectivity index (χ4v) is 3.54. The van der Waals surface area contributed by atoms with Gasteiger partial charge >= 0.3 is 0 Å². The highest BCUT2D eigenvalue weighted by atomic mass is 32.2. The average molecular weight is 392 g/mol. The van der Waals surface area contributed by atoms with Crippen LogP contribution in [0.4, 0.5) is 0 Å². The van der Waals surface area contributed by atoms with Crippen LogP contribution in [0.15, 0.2) is 70.9 Å². The molecule has 0 saturated carbocycles. The maximum Gasteiger partial charge on any atom is 0.261 e. The lowest BCUT2D eigenvalue weighted by molar-refractivity contribution is -0.118. The molecule has 0 atom stereocenters. The van der Waals surface area contributed by atoms with Crippen molar-refractivity contribution in [2.75, 3.05) is 0 Å². The second-order valence-electron chi connectivity index (χ2n) is 6.00. The quantitative estimate of drug-likeness (QED) is 0.501. The van der Waals surface area contributed by atoms with Crippen LogP contribution in [0.25, 0.3) is 16.6 Å². The number of benzene rings is 2. The van der Waals surface area contributed by atoms with Gasteiger partial charge in [-0.15, -0.1) is 5.10 Å². The minimum atomic E-state index is -0.600. The van der Waals surface area contributed by atoms with E-state index >= 15 is 0 Å². The molecule has 4 aromatic rings. The van der Waals surface area contributed by atoms with Gasteiger partial charge in [0.1, 0.15) is 18.7 Å². The SMILES string of the molecule is NC(=O)Cn1c(CSc2ncn(-c3ccccc3)n2)nc2ccccc2c1=O. The van der Waals surface area contributed by atoms with Gasteiger partial charge in [0.25, 0.3) is 5.56 Å². The van der Waals surface area contributed by atoms with Crippen molar-refractivity contribution in [3.8, 4) is 5.69 Å². The van der Waals surface area contributed by atoms with Crippen molar-refractivity contribution in [2.45, 2.75) is 17.5 Å². The third-order valence-corrected chi connectivity index (χ3v) is 4.92. The molecule has 0 fully saturated rings. The van der Waals surface area contributed by atoms with E-state index in [1.807, 2.05) is 36.4 Å². The summed E-state index contributed by atoms with van der Waals surface area (Å²) in [6, 6.07) is 16.7. The van der Waals surface area contributed by atoms with E-state index in [1.54, 1.807) is 29.2 Å². The molecule has 4 rings (SSSR count). The van der Waals surface area contributed by atoms with Gasteiger partial charge in [-0.1, -0.05) is 42.1 Å². The topological polar surface area (TPSA) is 109 Å². The minimum Gasteiger partial charge on any atom is -0.368 e. The number of rotatable bonds is 6. The zero-order valence-corrected chi connectivity index (χ0v) is 15.5. The van der Waals surface area contributed by atoms with Crippen molar-refractivity contribution in [3.05, 3.63) is 77.1 Å². The second-order valence-corrected chi connectivity index (χ2v) is 6.94. The number of nitrogens with zero attached hydrogens (tertiary/aromatic N) is 5. The summed E-state index contributed by atoms with van der Waals surface area (Å²) >= 11 is 1.33. The Hall–Kier alpha value is -3.46. The van der Waals surface area contributed by atoms with Gasteiger partial charge in [-0.2, -0.15) is 0 Å². The zero-order valence-electron chi connectivity index (χ0n) is 14.7. The first-order chi connectivity index (χ1) is 13.6. The number of para-hydroxylation sites is 2. The highest BCUT2D eigenvalue weighted by Crippen LogP contribution is 2.19. The van der Waals surface area contributed by atoms with Gasteiger partial charge in [-0.25, -0.2) is 14.6 Å². The molecular weight excluding hydrogens is 376 g/mol. The summed E-state index contributed by atoms with van der Waals surface area (Å²) in [4.78, 5) is 33.0. The highest BCUT2D eigenvalue weighted by Gasteiger charge is 2.14. The molecule has 9 heteroatoms. The van der Waals surface area contributed by atoms with Crippen LogP contribution >= 0.6 is 11.8 Å². The van der Waals surface area contributed by atoms with Crippen LogP contribution in [-0.4, -0.2) is 30.2 Å². The van der Waals surface area contributed by atoms with E-state index in [0.29, 0.717) is 27.6 Å². The van der Waals surface area contributed by atoms with Crippen molar-refractivity contribution in [1.82, 2.24) is 24.3 Å². The molecule has 0 spiro atoms. The Labute approximate surface area is 164 Å². The van der Waals surface area contributed by atoms with E-state index in [-0.39, 0.29) is 12.1 Å². The molecule has 0 bridgehead atoms. The molecule has 0 saturated heterocycles. The molecule has 0 aliphatic rings. The van der Waals surface area contributed by atoms with Crippen LogP contribution in [0, 0.1) is 0 Å². The van der Waals surface area contributed by atoms with Gasteiger partial charge in [-0.3, -0.25) is 14.2 Å². The van der Waals surface area contributed by atoms with Crippen LogP contribution in [0.1, 0.15) is 5.82 Å². The third-order valence-electron chi connectivity index (χ3n) is 4.08. The lowest BCUT2D eigenvalue weighted by atomic mass is 10.2. The van der Waals surface area contributed by atoms with Gasteiger partial charge in [0, 0.05) is 0 Å². The van der Waals surface area contributed by atoms with Crippen LogP contribution in [-0.2, 0) is 17.1 Å². The molecule has 28 heavy (non-hydrogen) atoms. The number of thioether (sulfide) groups is 1. The van der Waals surface area contributed by atoms with Gasteiger partial charge < -0.3 is 5.73 Å². The molecular formula is C19H16N6O2S. The number of amides is 1. The number of primary amides is 1. The normalized spacial score (nSPS) is 11.0. The molecule has 0 unspecified atom stereocenters. The monoisotopic (exact) mass is 392 g/mol. The smallest absolute Gasteiger partial charge is 0.261 e. The molecule has 2 heterocycles. The Balaban J connectivity index is 1.63. The molecule has 2 aromatic carbocycles. The Morgan fingerprint density at radius 3 is 2.61 bits per heavy atom. The molecule has 2 N–H and O–H groups in total. The van der Waals surface area contributed by atoms with Gasteiger partial charge in [0.05, 0.1) is 22.3 Å². The lowest BCUT2D eigenvalue weighted by Gasteiger charge is -2.11.